The lowest BCUT2D eigenvalue weighted by atomic mass is 10.0. The van der Waals surface area contributed by atoms with Crippen molar-refractivity contribution in [2.24, 2.45) is 0 Å². The summed E-state index contributed by atoms with van der Waals surface area (Å²) in [6.07, 6.45) is 32.7. The summed E-state index contributed by atoms with van der Waals surface area (Å²) in [6, 6.07) is 0. The summed E-state index contributed by atoms with van der Waals surface area (Å²) in [4.78, 5) is 11.7. The molecule has 2 nitrogen and oxygen atoms in total. The minimum absolute atomic E-state index is 0.0484. The van der Waals surface area contributed by atoms with Crippen LogP contribution in [-0.4, -0.2) is 17.0 Å². The maximum Gasteiger partial charge on any atom is 0.132 e. The topological polar surface area (TPSA) is 37.3 Å². The van der Waals surface area contributed by atoms with Crippen molar-refractivity contribution >= 4 is 5.78 Å². The van der Waals surface area contributed by atoms with E-state index in [0.29, 0.717) is 5.78 Å². The summed E-state index contributed by atoms with van der Waals surface area (Å²) in [5, 5.41) is 9.72. The number of aliphatic hydroxyl groups excluding tert-OH is 1. The molecule has 1 unspecified atom stereocenters. The Labute approximate surface area is 202 Å². The van der Waals surface area contributed by atoms with Gasteiger partial charge in [0.1, 0.15) is 5.78 Å². The predicted octanol–water partition coefficient (Wildman–Crippen LogP) is 10.1. The van der Waals surface area contributed by atoms with Gasteiger partial charge >= 0.3 is 0 Å². The molecule has 0 aromatic rings. The average molecular weight is 453 g/mol. The van der Waals surface area contributed by atoms with E-state index >= 15 is 0 Å². The third-order valence-electron chi connectivity index (χ3n) is 6.92. The molecule has 0 saturated heterocycles. The number of aliphatic hydroxyl groups is 1. The average Bonchev–Trinajstić information content (AvgIpc) is 2.78. The Kier molecular flexibility index (Phi) is 26.6. The molecular formula is C30H60O2. The minimum atomic E-state index is -0.0484. The second-order valence-corrected chi connectivity index (χ2v) is 10.3. The van der Waals surface area contributed by atoms with E-state index in [1.54, 1.807) is 0 Å². The van der Waals surface area contributed by atoms with Crippen molar-refractivity contribution in [1.82, 2.24) is 0 Å². The molecule has 0 aliphatic heterocycles. The van der Waals surface area contributed by atoms with Crippen molar-refractivity contribution in [3.63, 3.8) is 0 Å². The van der Waals surface area contributed by atoms with Crippen LogP contribution in [-0.2, 0) is 4.79 Å². The molecule has 192 valence electrons. The Morgan fingerprint density at radius 1 is 0.469 bits per heavy atom. The zero-order valence-corrected chi connectivity index (χ0v) is 22.3. The van der Waals surface area contributed by atoms with Crippen LogP contribution in [0.15, 0.2) is 0 Å². The molecular weight excluding hydrogens is 392 g/mol. The molecule has 0 saturated carbocycles. The molecule has 0 aromatic heterocycles. The fraction of sp³-hybridized carbons (Fsp3) is 0.967. The van der Waals surface area contributed by atoms with Gasteiger partial charge < -0.3 is 5.11 Å². The fourth-order valence-electron chi connectivity index (χ4n) is 4.71. The van der Waals surface area contributed by atoms with Gasteiger partial charge in [0.25, 0.3) is 0 Å². The third kappa shape index (κ3) is 25.9. The lowest BCUT2D eigenvalue weighted by molar-refractivity contribution is -0.119. The summed E-state index contributed by atoms with van der Waals surface area (Å²) < 4.78 is 0. The van der Waals surface area contributed by atoms with Crippen LogP contribution in [0.4, 0.5) is 0 Å². The largest absolute Gasteiger partial charge is 0.393 e. The molecule has 1 atom stereocenters. The molecule has 0 heterocycles. The smallest absolute Gasteiger partial charge is 0.132 e. The second-order valence-electron chi connectivity index (χ2n) is 10.3. The van der Waals surface area contributed by atoms with Crippen LogP contribution < -0.4 is 0 Å². The van der Waals surface area contributed by atoms with E-state index in [-0.39, 0.29) is 6.10 Å². The van der Waals surface area contributed by atoms with Crippen LogP contribution in [0.2, 0.25) is 0 Å². The highest BCUT2D eigenvalue weighted by atomic mass is 16.3. The van der Waals surface area contributed by atoms with Crippen molar-refractivity contribution in [2.75, 3.05) is 0 Å². The maximum atomic E-state index is 11.7. The molecule has 0 aromatic carbocycles. The SMILES string of the molecule is CCCCCC(=O)CCCCCCCCCCCCCCCCCCCCC(O)CCC. The Morgan fingerprint density at radius 3 is 1.19 bits per heavy atom. The van der Waals surface area contributed by atoms with Gasteiger partial charge in [0.15, 0.2) is 0 Å². The van der Waals surface area contributed by atoms with Gasteiger partial charge in [-0.2, -0.15) is 0 Å². The molecule has 0 fully saturated rings. The number of Topliss-reactive ketones (excluding diaryl/α,β-unsaturated/α-hetero) is 1. The number of ketones is 1. The normalized spacial score (nSPS) is 12.3. The molecule has 0 amide bonds. The van der Waals surface area contributed by atoms with Crippen molar-refractivity contribution < 1.29 is 9.90 Å². The lowest BCUT2D eigenvalue weighted by Gasteiger charge is -2.08. The highest BCUT2D eigenvalue weighted by molar-refractivity contribution is 5.78. The highest BCUT2D eigenvalue weighted by Crippen LogP contribution is 2.16. The van der Waals surface area contributed by atoms with Crippen molar-refractivity contribution in [3.8, 4) is 0 Å². The first-order chi connectivity index (χ1) is 15.7. The molecule has 0 radical (unpaired) electrons. The molecule has 0 bridgehead atoms. The summed E-state index contributed by atoms with van der Waals surface area (Å²) >= 11 is 0. The number of unbranched alkanes of at least 4 members (excludes halogenated alkanes) is 19. The van der Waals surface area contributed by atoms with Gasteiger partial charge in [0.05, 0.1) is 6.10 Å². The van der Waals surface area contributed by atoms with E-state index in [4.69, 9.17) is 0 Å². The van der Waals surface area contributed by atoms with E-state index in [0.717, 1.165) is 44.9 Å². The Hall–Kier alpha value is -0.370. The van der Waals surface area contributed by atoms with Crippen molar-refractivity contribution in [1.29, 1.82) is 0 Å². The molecule has 0 spiro atoms. The van der Waals surface area contributed by atoms with Gasteiger partial charge in [-0.1, -0.05) is 142 Å². The van der Waals surface area contributed by atoms with E-state index < -0.39 is 0 Å². The first kappa shape index (κ1) is 31.6. The van der Waals surface area contributed by atoms with E-state index in [1.165, 1.54) is 122 Å². The summed E-state index contributed by atoms with van der Waals surface area (Å²) in [7, 11) is 0. The van der Waals surface area contributed by atoms with Gasteiger partial charge in [0.2, 0.25) is 0 Å². The van der Waals surface area contributed by atoms with E-state index in [9.17, 15) is 9.90 Å². The van der Waals surface area contributed by atoms with Gasteiger partial charge in [-0.25, -0.2) is 0 Å². The zero-order valence-electron chi connectivity index (χ0n) is 22.3. The fourth-order valence-corrected chi connectivity index (χ4v) is 4.71. The van der Waals surface area contributed by atoms with Gasteiger partial charge in [-0.3, -0.25) is 4.79 Å². The third-order valence-corrected chi connectivity index (χ3v) is 6.92. The Morgan fingerprint density at radius 2 is 0.812 bits per heavy atom. The molecule has 0 rings (SSSR count). The monoisotopic (exact) mass is 452 g/mol. The first-order valence-electron chi connectivity index (χ1n) is 14.9. The molecule has 32 heavy (non-hydrogen) atoms. The number of rotatable bonds is 27. The van der Waals surface area contributed by atoms with Gasteiger partial charge in [0, 0.05) is 12.8 Å². The molecule has 0 aliphatic rings. The van der Waals surface area contributed by atoms with Crippen LogP contribution in [0.1, 0.15) is 181 Å². The van der Waals surface area contributed by atoms with E-state index in [1.807, 2.05) is 0 Å². The number of carbonyl (C=O) groups is 1. The van der Waals surface area contributed by atoms with Crippen molar-refractivity contribution in [2.45, 2.75) is 187 Å². The van der Waals surface area contributed by atoms with Crippen LogP contribution in [0, 0.1) is 0 Å². The minimum Gasteiger partial charge on any atom is -0.393 e. The molecule has 2 heteroatoms. The number of hydrogen-bond donors (Lipinski definition) is 1. The molecule has 1 N–H and O–H groups in total. The van der Waals surface area contributed by atoms with Gasteiger partial charge in [-0.15, -0.1) is 0 Å². The highest BCUT2D eigenvalue weighted by Gasteiger charge is 2.02. The second kappa shape index (κ2) is 26.9. The van der Waals surface area contributed by atoms with Crippen molar-refractivity contribution in [3.05, 3.63) is 0 Å². The van der Waals surface area contributed by atoms with E-state index in [2.05, 4.69) is 13.8 Å². The van der Waals surface area contributed by atoms with Crippen LogP contribution >= 0.6 is 0 Å². The summed E-state index contributed by atoms with van der Waals surface area (Å²) in [5.74, 6) is 0.494. The van der Waals surface area contributed by atoms with Crippen LogP contribution in [0.25, 0.3) is 0 Å². The van der Waals surface area contributed by atoms with Crippen LogP contribution in [0.5, 0.6) is 0 Å². The zero-order chi connectivity index (χ0) is 23.5. The number of carbonyl (C=O) groups excluding carboxylic acids is 1. The Balaban J connectivity index is 3.10. The Bertz CT molecular complexity index is 366. The summed E-state index contributed by atoms with van der Waals surface area (Å²) in [5.41, 5.74) is 0. The first-order valence-corrected chi connectivity index (χ1v) is 14.9. The summed E-state index contributed by atoms with van der Waals surface area (Å²) in [6.45, 7) is 4.34. The maximum absolute atomic E-state index is 11.7. The molecule has 0 aliphatic carbocycles. The standard InChI is InChI=1S/C30H60O2/c1-3-5-22-26-30(32)28-24-21-19-17-15-13-11-9-7-6-8-10-12-14-16-18-20-23-27-29(31)25-4-2/h29,31H,3-28H2,1-2H3. The van der Waals surface area contributed by atoms with Crippen LogP contribution in [0.3, 0.4) is 0 Å². The quantitative estimate of drug-likeness (QED) is 0.126. The predicted molar refractivity (Wildman–Crippen MR) is 142 cm³/mol. The lowest BCUT2D eigenvalue weighted by Crippen LogP contribution is -2.04. The van der Waals surface area contributed by atoms with Gasteiger partial charge in [-0.05, 0) is 25.7 Å². The number of hydrogen-bond acceptors (Lipinski definition) is 2.